The summed E-state index contributed by atoms with van der Waals surface area (Å²) >= 11 is 0. The number of hydrogen-bond donors (Lipinski definition) is 2. The van der Waals surface area contributed by atoms with Gasteiger partial charge in [-0.1, -0.05) is 42.5 Å². The van der Waals surface area contributed by atoms with Crippen molar-refractivity contribution in [2.45, 2.75) is 30.8 Å². The zero-order valence-corrected chi connectivity index (χ0v) is 20.4. The molecule has 0 radical (unpaired) electrons. The number of hydrogen-bond acceptors (Lipinski definition) is 6. The van der Waals surface area contributed by atoms with E-state index in [0.29, 0.717) is 23.4 Å². The largest absolute Gasteiger partial charge is 0.489 e. The number of amides is 1. The lowest BCUT2D eigenvalue weighted by Gasteiger charge is -2.19. The summed E-state index contributed by atoms with van der Waals surface area (Å²) in [4.78, 5) is 22.7. The quantitative estimate of drug-likeness (QED) is 0.290. The van der Waals surface area contributed by atoms with Crippen molar-refractivity contribution in [3.8, 4) is 5.75 Å². The highest BCUT2D eigenvalue weighted by Gasteiger charge is 2.25. The number of carbonyl (C=O) groups excluding carboxylic acids is 1. The first-order chi connectivity index (χ1) is 16.7. The molecular weight excluding hydrogens is 468 g/mol. The van der Waals surface area contributed by atoms with Crippen molar-refractivity contribution in [1.82, 2.24) is 5.43 Å². The van der Waals surface area contributed by atoms with Crippen LogP contribution in [0, 0.1) is 6.92 Å². The maximum absolute atomic E-state index is 13.0. The van der Waals surface area contributed by atoms with Crippen LogP contribution in [-0.4, -0.2) is 38.7 Å². The molecule has 9 heteroatoms. The smallest absolute Gasteiger partial charge is 0.303 e. The first kappa shape index (κ1) is 25.9. The van der Waals surface area contributed by atoms with Gasteiger partial charge in [0.05, 0.1) is 22.8 Å². The number of sulfone groups is 1. The van der Waals surface area contributed by atoms with Crippen LogP contribution in [0.15, 0.2) is 77.7 Å². The fourth-order valence-corrected chi connectivity index (χ4v) is 5.30. The average molecular weight is 497 g/mol. The summed E-state index contributed by atoms with van der Waals surface area (Å²) in [5.41, 5.74) is 5.93. The number of carbonyl (C=O) groups is 2. The van der Waals surface area contributed by atoms with Gasteiger partial charge in [0.25, 0.3) is 0 Å². The molecule has 0 saturated carbocycles. The van der Waals surface area contributed by atoms with E-state index in [1.54, 1.807) is 49.5 Å². The van der Waals surface area contributed by atoms with Crippen LogP contribution in [0.25, 0.3) is 0 Å². The van der Waals surface area contributed by atoms with Crippen molar-refractivity contribution in [1.29, 1.82) is 0 Å². The number of nitrogens with one attached hydrogen (secondary N) is 1. The first-order valence-corrected chi connectivity index (χ1v) is 12.6. The molecule has 35 heavy (non-hydrogen) atoms. The Balaban J connectivity index is 1.71. The summed E-state index contributed by atoms with van der Waals surface area (Å²) in [5.74, 6) is -1.54. The third-order valence-corrected chi connectivity index (χ3v) is 7.41. The minimum atomic E-state index is -3.73. The lowest BCUT2D eigenvalue weighted by Crippen LogP contribution is -2.34. The van der Waals surface area contributed by atoms with Gasteiger partial charge in [-0.2, -0.15) is 0 Å². The number of nitrogens with zero attached hydrogens (tertiary/aromatic N) is 1. The second-order valence-electron chi connectivity index (χ2n) is 8.07. The van der Waals surface area contributed by atoms with Gasteiger partial charge in [0.2, 0.25) is 6.41 Å². The number of ether oxygens (including phenoxy) is 1. The Bertz CT molecular complexity index is 1260. The minimum Gasteiger partial charge on any atom is -0.489 e. The van der Waals surface area contributed by atoms with E-state index in [-0.39, 0.29) is 23.7 Å². The SMILES string of the molecule is CNN(C=O)c1cc(COc2ccc(S(=O)(=O)CC(CC(=O)O)c3ccccc3)cc2)ccc1C. The van der Waals surface area contributed by atoms with Crippen LogP contribution >= 0.6 is 0 Å². The van der Waals surface area contributed by atoms with Gasteiger partial charge in [-0.05, 0) is 53.9 Å². The van der Waals surface area contributed by atoms with E-state index >= 15 is 0 Å². The summed E-state index contributed by atoms with van der Waals surface area (Å²) in [6, 6.07) is 20.5. The molecule has 1 atom stereocenters. The van der Waals surface area contributed by atoms with Crippen molar-refractivity contribution in [2.24, 2.45) is 0 Å². The van der Waals surface area contributed by atoms with Gasteiger partial charge in [0, 0.05) is 13.0 Å². The van der Waals surface area contributed by atoms with Gasteiger partial charge in [-0.15, -0.1) is 0 Å². The number of carboxylic acid groups (broad SMARTS) is 1. The zero-order chi connectivity index (χ0) is 25.4. The third-order valence-electron chi connectivity index (χ3n) is 5.58. The van der Waals surface area contributed by atoms with Crippen LogP contribution in [-0.2, 0) is 26.0 Å². The molecule has 3 aromatic rings. The maximum Gasteiger partial charge on any atom is 0.303 e. The Morgan fingerprint density at radius 3 is 2.37 bits per heavy atom. The molecule has 3 aromatic carbocycles. The first-order valence-electron chi connectivity index (χ1n) is 11.0. The predicted octanol–water partition coefficient (Wildman–Crippen LogP) is 3.70. The van der Waals surface area contributed by atoms with Gasteiger partial charge >= 0.3 is 5.97 Å². The molecule has 3 rings (SSSR count). The van der Waals surface area contributed by atoms with E-state index in [0.717, 1.165) is 11.1 Å². The van der Waals surface area contributed by atoms with Crippen molar-refractivity contribution in [3.63, 3.8) is 0 Å². The Kier molecular flexibility index (Phi) is 8.62. The molecule has 0 saturated heterocycles. The zero-order valence-electron chi connectivity index (χ0n) is 19.5. The van der Waals surface area contributed by atoms with Gasteiger partial charge < -0.3 is 9.84 Å². The molecule has 1 amide bonds. The monoisotopic (exact) mass is 496 g/mol. The highest BCUT2D eigenvalue weighted by molar-refractivity contribution is 7.91. The van der Waals surface area contributed by atoms with E-state index in [2.05, 4.69) is 5.43 Å². The van der Waals surface area contributed by atoms with Gasteiger partial charge in [0.15, 0.2) is 9.84 Å². The highest BCUT2D eigenvalue weighted by Crippen LogP contribution is 2.27. The molecule has 0 aliphatic rings. The minimum absolute atomic E-state index is 0.101. The third kappa shape index (κ3) is 6.91. The molecule has 0 spiro atoms. The second-order valence-corrected chi connectivity index (χ2v) is 10.1. The molecule has 0 aromatic heterocycles. The highest BCUT2D eigenvalue weighted by atomic mass is 32.2. The van der Waals surface area contributed by atoms with E-state index in [1.165, 1.54) is 17.1 Å². The van der Waals surface area contributed by atoms with Gasteiger partial charge in [-0.25, -0.2) is 18.9 Å². The number of rotatable bonds is 12. The number of aryl methyl sites for hydroxylation is 1. The number of carboxylic acids is 1. The van der Waals surface area contributed by atoms with Crippen LogP contribution in [0.3, 0.4) is 0 Å². The molecule has 184 valence electrons. The normalized spacial score (nSPS) is 12.1. The summed E-state index contributed by atoms with van der Waals surface area (Å²) in [7, 11) is -2.08. The lowest BCUT2D eigenvalue weighted by atomic mass is 9.98. The topological polar surface area (TPSA) is 113 Å². The Labute approximate surface area is 205 Å². The average Bonchev–Trinajstić information content (AvgIpc) is 2.85. The number of anilines is 1. The van der Waals surface area contributed by atoms with Crippen LogP contribution in [0.4, 0.5) is 5.69 Å². The van der Waals surface area contributed by atoms with Crippen LogP contribution < -0.4 is 15.2 Å². The van der Waals surface area contributed by atoms with Crippen molar-refractivity contribution < 1.29 is 27.9 Å². The van der Waals surface area contributed by atoms with Crippen LogP contribution in [0.1, 0.15) is 29.0 Å². The molecule has 2 N–H and O–H groups in total. The Hall–Kier alpha value is -3.69. The molecule has 8 nitrogen and oxygen atoms in total. The Morgan fingerprint density at radius 1 is 1.09 bits per heavy atom. The lowest BCUT2D eigenvalue weighted by molar-refractivity contribution is -0.137. The van der Waals surface area contributed by atoms with Crippen LogP contribution in [0.5, 0.6) is 5.75 Å². The van der Waals surface area contributed by atoms with Gasteiger partial charge in [-0.3, -0.25) is 9.59 Å². The molecule has 0 heterocycles. The molecule has 0 bridgehead atoms. The standard InChI is InChI=1S/C26H28N2O6S/c1-19-8-9-20(14-25(19)28(18-29)27-2)16-34-23-10-12-24(13-11-23)35(32,33)17-22(15-26(30)31)21-6-4-3-5-7-21/h3-14,18,22,27H,15-17H2,1-2H3,(H,30,31). The maximum atomic E-state index is 13.0. The van der Waals surface area contributed by atoms with Crippen molar-refractivity contribution in [3.05, 3.63) is 89.5 Å². The van der Waals surface area contributed by atoms with Crippen LogP contribution in [0.2, 0.25) is 0 Å². The van der Waals surface area contributed by atoms with E-state index in [4.69, 9.17) is 4.74 Å². The molecule has 0 aliphatic carbocycles. The fraction of sp³-hybridized carbons (Fsp3) is 0.231. The summed E-state index contributed by atoms with van der Waals surface area (Å²) in [6.07, 6.45) is 0.406. The van der Waals surface area contributed by atoms with E-state index in [1.807, 2.05) is 25.1 Å². The fourth-order valence-electron chi connectivity index (χ4n) is 3.71. The summed E-state index contributed by atoms with van der Waals surface area (Å²) in [5, 5.41) is 10.6. The van der Waals surface area contributed by atoms with Gasteiger partial charge in [0.1, 0.15) is 12.4 Å². The van der Waals surface area contributed by atoms with Crippen molar-refractivity contribution >= 4 is 27.9 Å². The molecule has 0 aliphatic heterocycles. The van der Waals surface area contributed by atoms with E-state index in [9.17, 15) is 23.1 Å². The molecule has 0 fully saturated rings. The number of hydrazine groups is 1. The number of aliphatic carboxylic acids is 1. The summed E-state index contributed by atoms with van der Waals surface area (Å²) < 4.78 is 31.8. The summed E-state index contributed by atoms with van der Waals surface area (Å²) in [6.45, 7) is 2.12. The predicted molar refractivity (Wildman–Crippen MR) is 133 cm³/mol. The second kappa shape index (κ2) is 11.6. The molecule has 1 unspecified atom stereocenters. The Morgan fingerprint density at radius 2 is 1.77 bits per heavy atom. The number of benzene rings is 3. The van der Waals surface area contributed by atoms with E-state index < -0.39 is 21.7 Å². The molecular formula is C26H28N2O6S. The van der Waals surface area contributed by atoms with Crippen molar-refractivity contribution in [2.75, 3.05) is 17.8 Å².